The molecular weight excluding hydrogens is 388 g/mol. The molecule has 1 fully saturated rings. The highest BCUT2D eigenvalue weighted by molar-refractivity contribution is 5.95. The molecule has 0 radical (unpaired) electrons. The molecule has 0 saturated carbocycles. The summed E-state index contributed by atoms with van der Waals surface area (Å²) in [7, 11) is 1.59. The Kier molecular flexibility index (Phi) is 5.42. The highest BCUT2D eigenvalue weighted by atomic mass is 16.6. The fourth-order valence-corrected chi connectivity index (χ4v) is 3.58. The van der Waals surface area contributed by atoms with Gasteiger partial charge in [0, 0.05) is 36.3 Å². The summed E-state index contributed by atoms with van der Waals surface area (Å²) in [5.41, 5.74) is 0.978. The van der Waals surface area contributed by atoms with Crippen molar-refractivity contribution in [3.8, 4) is 17.1 Å². The van der Waals surface area contributed by atoms with E-state index in [4.69, 9.17) is 9.26 Å². The number of methoxy groups -OCH3 is 1. The third-order valence-corrected chi connectivity index (χ3v) is 5.13. The van der Waals surface area contributed by atoms with E-state index in [-0.39, 0.29) is 17.5 Å². The van der Waals surface area contributed by atoms with Gasteiger partial charge in [-0.3, -0.25) is 14.9 Å². The van der Waals surface area contributed by atoms with Gasteiger partial charge in [0.15, 0.2) is 0 Å². The maximum atomic E-state index is 12.9. The second-order valence-electron chi connectivity index (χ2n) is 7.09. The molecule has 1 unspecified atom stereocenters. The molecule has 154 valence electrons. The summed E-state index contributed by atoms with van der Waals surface area (Å²) in [6.45, 7) is 0.996. The van der Waals surface area contributed by atoms with Crippen LogP contribution >= 0.6 is 0 Å². The molecule has 1 aromatic heterocycles. The highest BCUT2D eigenvalue weighted by Crippen LogP contribution is 2.29. The number of nitro groups is 1. The van der Waals surface area contributed by atoms with E-state index >= 15 is 0 Å². The Labute approximate surface area is 172 Å². The van der Waals surface area contributed by atoms with E-state index < -0.39 is 4.92 Å². The summed E-state index contributed by atoms with van der Waals surface area (Å²) in [6.07, 6.45) is 1.60. The Morgan fingerprint density at radius 2 is 2.10 bits per heavy atom. The zero-order chi connectivity index (χ0) is 21.1. The number of hydrogen-bond donors (Lipinski definition) is 0. The average Bonchev–Trinajstić information content (AvgIpc) is 3.29. The largest absolute Gasteiger partial charge is 0.497 e. The van der Waals surface area contributed by atoms with Crippen LogP contribution in [0.4, 0.5) is 5.69 Å². The maximum absolute atomic E-state index is 12.9. The minimum atomic E-state index is -0.506. The van der Waals surface area contributed by atoms with Gasteiger partial charge in [-0.1, -0.05) is 23.4 Å². The van der Waals surface area contributed by atoms with Gasteiger partial charge in [0.2, 0.25) is 11.7 Å². The number of non-ortho nitro benzene ring substituents is 1. The van der Waals surface area contributed by atoms with Crippen molar-refractivity contribution in [1.29, 1.82) is 0 Å². The lowest BCUT2D eigenvalue weighted by Gasteiger charge is -2.31. The lowest BCUT2D eigenvalue weighted by Crippen LogP contribution is -2.39. The molecule has 1 atom stereocenters. The number of nitro benzene ring substituents is 1. The molecule has 9 heteroatoms. The summed E-state index contributed by atoms with van der Waals surface area (Å²) in [5.74, 6) is 1.31. The van der Waals surface area contributed by atoms with Crippen LogP contribution in [0.3, 0.4) is 0 Å². The van der Waals surface area contributed by atoms with Crippen molar-refractivity contribution in [2.24, 2.45) is 0 Å². The molecule has 3 aromatic rings. The van der Waals surface area contributed by atoms with Crippen LogP contribution < -0.4 is 4.74 Å². The van der Waals surface area contributed by atoms with Crippen molar-refractivity contribution >= 4 is 11.6 Å². The van der Waals surface area contributed by atoms with Gasteiger partial charge in [-0.15, -0.1) is 0 Å². The first-order chi connectivity index (χ1) is 14.5. The van der Waals surface area contributed by atoms with Crippen LogP contribution in [-0.2, 0) is 0 Å². The molecule has 4 rings (SSSR count). The molecule has 30 heavy (non-hydrogen) atoms. The topological polar surface area (TPSA) is 112 Å². The number of piperidine rings is 1. The van der Waals surface area contributed by atoms with Gasteiger partial charge < -0.3 is 14.2 Å². The number of hydrogen-bond acceptors (Lipinski definition) is 7. The number of ether oxygens (including phenoxy) is 1. The van der Waals surface area contributed by atoms with Gasteiger partial charge in [0.25, 0.3) is 11.6 Å². The smallest absolute Gasteiger partial charge is 0.270 e. The van der Waals surface area contributed by atoms with E-state index in [1.165, 1.54) is 18.2 Å². The molecule has 1 amide bonds. The summed E-state index contributed by atoms with van der Waals surface area (Å²) in [5, 5.41) is 15.1. The van der Waals surface area contributed by atoms with Gasteiger partial charge >= 0.3 is 0 Å². The fraction of sp³-hybridized carbons (Fsp3) is 0.286. The third-order valence-electron chi connectivity index (χ3n) is 5.13. The van der Waals surface area contributed by atoms with E-state index in [9.17, 15) is 14.9 Å². The normalized spacial score (nSPS) is 16.3. The van der Waals surface area contributed by atoms with E-state index in [2.05, 4.69) is 10.1 Å². The van der Waals surface area contributed by atoms with E-state index in [0.29, 0.717) is 36.1 Å². The van der Waals surface area contributed by atoms with Gasteiger partial charge in [0.05, 0.1) is 18.0 Å². The Hall–Kier alpha value is -3.75. The molecule has 2 heterocycles. The highest BCUT2D eigenvalue weighted by Gasteiger charge is 2.29. The molecule has 1 saturated heterocycles. The molecule has 1 aliphatic heterocycles. The van der Waals surface area contributed by atoms with Crippen molar-refractivity contribution in [2.75, 3.05) is 20.2 Å². The first kappa shape index (κ1) is 19.6. The Bertz CT molecular complexity index is 1080. The molecule has 1 aliphatic rings. The van der Waals surface area contributed by atoms with E-state index in [1.54, 1.807) is 18.1 Å². The van der Waals surface area contributed by atoms with Crippen molar-refractivity contribution in [1.82, 2.24) is 15.0 Å². The molecule has 0 N–H and O–H groups in total. The molecular formula is C21H20N4O5. The monoisotopic (exact) mass is 408 g/mol. The lowest BCUT2D eigenvalue weighted by atomic mass is 9.97. The number of amides is 1. The van der Waals surface area contributed by atoms with E-state index in [0.717, 1.165) is 18.4 Å². The van der Waals surface area contributed by atoms with Gasteiger partial charge in [0.1, 0.15) is 5.75 Å². The van der Waals surface area contributed by atoms with Crippen molar-refractivity contribution in [2.45, 2.75) is 18.8 Å². The number of aromatic nitrogens is 2. The van der Waals surface area contributed by atoms with Crippen LogP contribution in [0.1, 0.15) is 35.0 Å². The zero-order valence-corrected chi connectivity index (χ0v) is 16.4. The Balaban J connectivity index is 1.50. The van der Waals surface area contributed by atoms with Crippen LogP contribution in [0, 0.1) is 10.1 Å². The lowest BCUT2D eigenvalue weighted by molar-refractivity contribution is -0.384. The zero-order valence-electron chi connectivity index (χ0n) is 16.4. The van der Waals surface area contributed by atoms with Gasteiger partial charge in [-0.05, 0) is 31.0 Å². The first-order valence-corrected chi connectivity index (χ1v) is 9.57. The minimum absolute atomic E-state index is 0.0896. The van der Waals surface area contributed by atoms with Crippen LogP contribution in [0.2, 0.25) is 0 Å². The minimum Gasteiger partial charge on any atom is -0.497 e. The van der Waals surface area contributed by atoms with E-state index in [1.807, 2.05) is 24.3 Å². The predicted molar refractivity (Wildman–Crippen MR) is 107 cm³/mol. The number of likely N-dealkylation sites (tertiary alicyclic amines) is 1. The number of carbonyl (C=O) groups is 1. The van der Waals surface area contributed by atoms with Crippen LogP contribution in [0.15, 0.2) is 53.1 Å². The Morgan fingerprint density at radius 3 is 2.90 bits per heavy atom. The van der Waals surface area contributed by atoms with Crippen LogP contribution in [0.5, 0.6) is 5.75 Å². The summed E-state index contributed by atoms with van der Waals surface area (Å²) >= 11 is 0. The third kappa shape index (κ3) is 4.00. The second-order valence-corrected chi connectivity index (χ2v) is 7.09. The van der Waals surface area contributed by atoms with Crippen LogP contribution in [-0.4, -0.2) is 46.1 Å². The molecule has 0 bridgehead atoms. The number of carbonyl (C=O) groups excluding carboxylic acids is 1. The maximum Gasteiger partial charge on any atom is 0.270 e. The van der Waals surface area contributed by atoms with Crippen molar-refractivity contribution < 1.29 is 19.0 Å². The summed E-state index contributed by atoms with van der Waals surface area (Å²) < 4.78 is 10.7. The van der Waals surface area contributed by atoms with Crippen molar-refractivity contribution in [3.63, 3.8) is 0 Å². The Morgan fingerprint density at radius 1 is 1.27 bits per heavy atom. The SMILES string of the molecule is COc1cccc(-c2noc(C3CCCN(C(=O)c4cccc([N+](=O)[O-])c4)C3)n2)c1. The van der Waals surface area contributed by atoms with Gasteiger partial charge in [-0.2, -0.15) is 4.98 Å². The number of nitrogens with zero attached hydrogens (tertiary/aromatic N) is 4. The average molecular weight is 408 g/mol. The number of benzene rings is 2. The van der Waals surface area contributed by atoms with Gasteiger partial charge in [-0.25, -0.2) is 0 Å². The molecule has 0 spiro atoms. The first-order valence-electron chi connectivity index (χ1n) is 9.57. The standard InChI is InChI=1S/C21H20N4O5/c1-29-18-9-3-5-14(12-18)19-22-20(30-23-19)16-7-4-10-24(13-16)21(26)15-6-2-8-17(11-15)25(27)28/h2-3,5-6,8-9,11-12,16H,4,7,10,13H2,1H3. The molecule has 0 aliphatic carbocycles. The van der Waals surface area contributed by atoms with Crippen molar-refractivity contribution in [3.05, 3.63) is 70.1 Å². The molecule has 9 nitrogen and oxygen atoms in total. The summed E-state index contributed by atoms with van der Waals surface area (Å²) in [6, 6.07) is 13.2. The quantitative estimate of drug-likeness (QED) is 0.468. The van der Waals surface area contributed by atoms with Crippen LogP contribution in [0.25, 0.3) is 11.4 Å². The molecule has 2 aromatic carbocycles. The predicted octanol–water partition coefficient (Wildman–Crippen LogP) is 3.67. The second kappa shape index (κ2) is 8.32. The fourth-order valence-electron chi connectivity index (χ4n) is 3.58. The summed E-state index contributed by atoms with van der Waals surface area (Å²) in [4.78, 5) is 29.6. The number of rotatable bonds is 5.